The number of halogens is 1. The molecule has 0 aliphatic carbocycles. The van der Waals surface area contributed by atoms with Gasteiger partial charge in [-0.3, -0.25) is 4.90 Å². The molecule has 1 N–H and O–H groups in total. The molecule has 82 valence electrons. The van der Waals surface area contributed by atoms with E-state index in [4.69, 9.17) is 5.11 Å². The Labute approximate surface area is 83.9 Å². The minimum absolute atomic E-state index is 0.308. The Bertz CT molecular complexity index is 237. The standard InChI is InChI=1S/C10H18FNO2/c1-9(2,3)10(11)6-4-5-7-12(10)8(13)14/h4-7H2,1-3H3,(H,13,14). The molecule has 1 saturated heterocycles. The fourth-order valence-electron chi connectivity index (χ4n) is 1.97. The van der Waals surface area contributed by atoms with Gasteiger partial charge in [-0.25, -0.2) is 9.18 Å². The molecule has 0 saturated carbocycles. The van der Waals surface area contributed by atoms with Crippen LogP contribution in [-0.2, 0) is 0 Å². The molecule has 4 heteroatoms. The first-order valence-corrected chi connectivity index (χ1v) is 4.98. The molecule has 1 aliphatic heterocycles. The highest BCUT2D eigenvalue weighted by Gasteiger charge is 2.50. The molecule has 1 amide bonds. The summed E-state index contributed by atoms with van der Waals surface area (Å²) in [7, 11) is 0. The van der Waals surface area contributed by atoms with Crippen molar-refractivity contribution in [3.63, 3.8) is 0 Å². The van der Waals surface area contributed by atoms with E-state index in [1.54, 1.807) is 20.8 Å². The SMILES string of the molecule is CC(C)(C)C1(F)CCCCN1C(=O)O. The zero-order chi connectivity index (χ0) is 11.0. The van der Waals surface area contributed by atoms with Gasteiger partial charge in [0.1, 0.15) is 0 Å². The van der Waals surface area contributed by atoms with Crippen LogP contribution in [0.4, 0.5) is 9.18 Å². The van der Waals surface area contributed by atoms with E-state index in [9.17, 15) is 9.18 Å². The number of carbonyl (C=O) groups is 1. The summed E-state index contributed by atoms with van der Waals surface area (Å²) in [6.45, 7) is 5.54. The second-order valence-electron chi connectivity index (χ2n) is 4.90. The molecule has 0 aromatic rings. The third-order valence-corrected chi connectivity index (χ3v) is 2.95. The summed E-state index contributed by atoms with van der Waals surface area (Å²) in [6, 6.07) is 0. The summed E-state index contributed by atoms with van der Waals surface area (Å²) in [5, 5.41) is 8.92. The van der Waals surface area contributed by atoms with Gasteiger partial charge in [0.25, 0.3) is 0 Å². The molecule has 1 rings (SSSR count). The van der Waals surface area contributed by atoms with Crippen LogP contribution in [0.2, 0.25) is 0 Å². The maximum atomic E-state index is 14.5. The molecule has 0 aromatic heterocycles. The third-order valence-electron chi connectivity index (χ3n) is 2.95. The highest BCUT2D eigenvalue weighted by Crippen LogP contribution is 2.43. The number of hydrogen-bond acceptors (Lipinski definition) is 1. The Morgan fingerprint density at radius 1 is 1.43 bits per heavy atom. The number of alkyl halides is 1. The van der Waals surface area contributed by atoms with Crippen molar-refractivity contribution < 1.29 is 14.3 Å². The van der Waals surface area contributed by atoms with E-state index in [-0.39, 0.29) is 0 Å². The first kappa shape index (κ1) is 11.3. The van der Waals surface area contributed by atoms with E-state index in [2.05, 4.69) is 0 Å². The first-order chi connectivity index (χ1) is 6.29. The maximum absolute atomic E-state index is 14.5. The van der Waals surface area contributed by atoms with Crippen LogP contribution in [-0.4, -0.2) is 28.4 Å². The van der Waals surface area contributed by atoms with E-state index >= 15 is 0 Å². The fourth-order valence-corrected chi connectivity index (χ4v) is 1.97. The lowest BCUT2D eigenvalue weighted by atomic mass is 9.78. The number of carboxylic acid groups (broad SMARTS) is 1. The van der Waals surface area contributed by atoms with Crippen molar-refractivity contribution in [2.45, 2.75) is 45.8 Å². The van der Waals surface area contributed by atoms with Gasteiger partial charge in [-0.05, 0) is 12.8 Å². The lowest BCUT2D eigenvalue weighted by molar-refractivity contribution is -0.120. The minimum atomic E-state index is -1.71. The Hall–Kier alpha value is -0.800. The van der Waals surface area contributed by atoms with E-state index in [1.807, 2.05) is 0 Å². The molecule has 3 nitrogen and oxygen atoms in total. The van der Waals surface area contributed by atoms with Crippen LogP contribution in [0.1, 0.15) is 40.0 Å². The van der Waals surface area contributed by atoms with Crippen molar-refractivity contribution in [1.82, 2.24) is 4.90 Å². The average molecular weight is 203 g/mol. The van der Waals surface area contributed by atoms with Crippen LogP contribution in [0.3, 0.4) is 0 Å². The number of rotatable bonds is 0. The molecular weight excluding hydrogens is 185 g/mol. The lowest BCUT2D eigenvalue weighted by Crippen LogP contribution is -2.58. The molecule has 1 aliphatic rings. The summed E-state index contributed by atoms with van der Waals surface area (Å²) in [4.78, 5) is 11.9. The Morgan fingerprint density at radius 3 is 2.36 bits per heavy atom. The molecule has 14 heavy (non-hydrogen) atoms. The molecule has 0 spiro atoms. The molecule has 1 heterocycles. The number of likely N-dealkylation sites (tertiary alicyclic amines) is 1. The largest absolute Gasteiger partial charge is 0.465 e. The second kappa shape index (κ2) is 3.41. The second-order valence-corrected chi connectivity index (χ2v) is 4.90. The minimum Gasteiger partial charge on any atom is -0.465 e. The van der Waals surface area contributed by atoms with Gasteiger partial charge in [0.15, 0.2) is 5.79 Å². The van der Waals surface area contributed by atoms with Gasteiger partial charge >= 0.3 is 6.09 Å². The van der Waals surface area contributed by atoms with Crippen LogP contribution in [0, 0.1) is 5.41 Å². The quantitative estimate of drug-likeness (QED) is 0.615. The Balaban J connectivity index is 2.97. The van der Waals surface area contributed by atoms with Gasteiger partial charge in [0, 0.05) is 18.4 Å². The molecular formula is C10H18FNO2. The zero-order valence-electron chi connectivity index (χ0n) is 9.01. The molecule has 0 radical (unpaired) electrons. The van der Waals surface area contributed by atoms with Crippen LogP contribution in [0.15, 0.2) is 0 Å². The summed E-state index contributed by atoms with van der Waals surface area (Å²) in [6.07, 6.45) is 0.677. The van der Waals surface area contributed by atoms with E-state index in [0.29, 0.717) is 13.0 Å². The van der Waals surface area contributed by atoms with Gasteiger partial charge in [0.05, 0.1) is 0 Å². The highest BCUT2D eigenvalue weighted by atomic mass is 19.1. The lowest BCUT2D eigenvalue weighted by Gasteiger charge is -2.47. The Morgan fingerprint density at radius 2 is 2.00 bits per heavy atom. The van der Waals surface area contributed by atoms with Crippen LogP contribution in [0.25, 0.3) is 0 Å². The van der Waals surface area contributed by atoms with E-state index in [1.165, 1.54) is 0 Å². The maximum Gasteiger partial charge on any atom is 0.409 e. The van der Waals surface area contributed by atoms with Crippen molar-refractivity contribution in [1.29, 1.82) is 0 Å². The molecule has 0 aromatic carbocycles. The van der Waals surface area contributed by atoms with Crippen LogP contribution < -0.4 is 0 Å². The van der Waals surface area contributed by atoms with E-state index in [0.717, 1.165) is 17.7 Å². The predicted molar refractivity (Wildman–Crippen MR) is 51.9 cm³/mol. The summed E-state index contributed by atoms with van der Waals surface area (Å²) >= 11 is 0. The topological polar surface area (TPSA) is 40.5 Å². The number of hydrogen-bond donors (Lipinski definition) is 1. The summed E-state index contributed by atoms with van der Waals surface area (Å²) < 4.78 is 14.5. The van der Waals surface area contributed by atoms with Crippen LogP contribution >= 0.6 is 0 Å². The highest BCUT2D eigenvalue weighted by molar-refractivity contribution is 5.66. The van der Waals surface area contributed by atoms with Crippen molar-refractivity contribution in [3.05, 3.63) is 0 Å². The first-order valence-electron chi connectivity index (χ1n) is 4.98. The third kappa shape index (κ3) is 1.70. The van der Waals surface area contributed by atoms with Crippen molar-refractivity contribution >= 4 is 6.09 Å². The average Bonchev–Trinajstić information content (AvgIpc) is 2.02. The number of nitrogens with zero attached hydrogens (tertiary/aromatic N) is 1. The van der Waals surface area contributed by atoms with Gasteiger partial charge in [-0.15, -0.1) is 0 Å². The van der Waals surface area contributed by atoms with Gasteiger partial charge in [0.2, 0.25) is 0 Å². The van der Waals surface area contributed by atoms with Crippen molar-refractivity contribution in [2.24, 2.45) is 5.41 Å². The summed E-state index contributed by atoms with van der Waals surface area (Å²) in [5.74, 6) is -1.71. The van der Waals surface area contributed by atoms with Crippen LogP contribution in [0.5, 0.6) is 0 Å². The zero-order valence-corrected chi connectivity index (χ0v) is 9.01. The monoisotopic (exact) mass is 203 g/mol. The summed E-state index contributed by atoms with van der Waals surface area (Å²) in [5.41, 5.74) is -0.661. The van der Waals surface area contributed by atoms with Gasteiger partial charge in [-0.1, -0.05) is 20.8 Å². The number of amides is 1. The van der Waals surface area contributed by atoms with Gasteiger partial charge < -0.3 is 5.11 Å². The van der Waals surface area contributed by atoms with Crippen molar-refractivity contribution in [3.8, 4) is 0 Å². The van der Waals surface area contributed by atoms with Crippen molar-refractivity contribution in [2.75, 3.05) is 6.54 Å². The smallest absolute Gasteiger partial charge is 0.409 e. The molecule has 1 atom stereocenters. The predicted octanol–water partition coefficient (Wildman–Crippen LogP) is 2.86. The molecule has 1 fully saturated rings. The molecule has 0 bridgehead atoms. The fraction of sp³-hybridized carbons (Fsp3) is 0.900. The van der Waals surface area contributed by atoms with Gasteiger partial charge in [-0.2, -0.15) is 0 Å². The molecule has 1 unspecified atom stereocenters. The van der Waals surface area contributed by atoms with E-state index < -0.39 is 17.3 Å². The Kier molecular flexibility index (Phi) is 2.74. The number of piperidine rings is 1. The normalized spacial score (nSPS) is 29.0.